The smallest absolute Gasteiger partial charge is 0.146 e. The first-order valence-electron chi connectivity index (χ1n) is 4.90. The van der Waals surface area contributed by atoms with E-state index in [1.165, 1.54) is 0 Å². The Hall–Kier alpha value is -1.88. The first kappa shape index (κ1) is 8.43. The van der Waals surface area contributed by atoms with Gasteiger partial charge < -0.3 is 5.43 Å². The van der Waals surface area contributed by atoms with Crippen LogP contribution in [0.2, 0.25) is 0 Å². The van der Waals surface area contributed by atoms with Crippen LogP contribution in [0.1, 0.15) is 0 Å². The Morgan fingerprint density at radius 3 is 3.00 bits per heavy atom. The van der Waals surface area contributed by atoms with E-state index in [2.05, 4.69) is 20.9 Å². The lowest BCUT2D eigenvalue weighted by atomic mass is 10.1. The number of hydrazine groups is 1. The summed E-state index contributed by atoms with van der Waals surface area (Å²) in [4.78, 5) is 4.00. The standard InChI is InChI=1S/C10H11N5/c1-3-11-4-2-8(1)9-7-13-15-6-5-12-14-10(9)15/h1-4,7,12,14H,5-6H2. The maximum Gasteiger partial charge on any atom is 0.146 e. The average molecular weight is 201 g/mol. The SMILES string of the molecule is c1cc(-c2cnn3c2NNCC3)ccn1. The van der Waals surface area contributed by atoms with Crippen molar-refractivity contribution in [2.75, 3.05) is 12.0 Å². The summed E-state index contributed by atoms with van der Waals surface area (Å²) >= 11 is 0. The van der Waals surface area contributed by atoms with Gasteiger partial charge in [0.1, 0.15) is 5.82 Å². The van der Waals surface area contributed by atoms with Gasteiger partial charge >= 0.3 is 0 Å². The monoisotopic (exact) mass is 201 g/mol. The van der Waals surface area contributed by atoms with Crippen molar-refractivity contribution in [2.45, 2.75) is 6.54 Å². The van der Waals surface area contributed by atoms with Gasteiger partial charge in [-0.1, -0.05) is 0 Å². The zero-order valence-electron chi connectivity index (χ0n) is 8.14. The summed E-state index contributed by atoms with van der Waals surface area (Å²) in [5, 5.41) is 4.33. The zero-order chi connectivity index (χ0) is 10.1. The minimum atomic E-state index is 0.893. The molecule has 0 atom stereocenters. The summed E-state index contributed by atoms with van der Waals surface area (Å²) in [5.41, 5.74) is 8.48. The van der Waals surface area contributed by atoms with Crippen LogP contribution < -0.4 is 10.9 Å². The Kier molecular flexibility index (Phi) is 1.89. The summed E-state index contributed by atoms with van der Waals surface area (Å²) < 4.78 is 1.96. The Labute approximate surface area is 87.1 Å². The fourth-order valence-corrected chi connectivity index (χ4v) is 1.74. The van der Waals surface area contributed by atoms with E-state index in [-0.39, 0.29) is 0 Å². The third-order valence-corrected chi connectivity index (χ3v) is 2.49. The third-order valence-electron chi connectivity index (χ3n) is 2.49. The molecule has 0 aromatic carbocycles. The van der Waals surface area contributed by atoms with E-state index < -0.39 is 0 Å². The molecule has 0 saturated heterocycles. The number of fused-ring (bicyclic) bond motifs is 1. The zero-order valence-corrected chi connectivity index (χ0v) is 8.14. The molecule has 0 bridgehead atoms. The maximum atomic E-state index is 4.33. The topological polar surface area (TPSA) is 54.8 Å². The lowest BCUT2D eigenvalue weighted by Gasteiger charge is -2.18. The molecule has 5 heteroatoms. The van der Waals surface area contributed by atoms with Crippen LogP contribution in [-0.4, -0.2) is 21.3 Å². The second kappa shape index (κ2) is 3.36. The maximum absolute atomic E-state index is 4.33. The Bertz CT molecular complexity index is 462. The van der Waals surface area contributed by atoms with Crippen molar-refractivity contribution in [1.82, 2.24) is 20.2 Å². The van der Waals surface area contributed by atoms with E-state index >= 15 is 0 Å². The molecule has 0 unspecified atom stereocenters. The molecule has 0 radical (unpaired) electrons. The number of aromatic nitrogens is 3. The van der Waals surface area contributed by atoms with E-state index in [0.29, 0.717) is 0 Å². The molecule has 2 aromatic rings. The van der Waals surface area contributed by atoms with Crippen molar-refractivity contribution in [2.24, 2.45) is 0 Å². The first-order chi connectivity index (χ1) is 7.45. The molecule has 2 N–H and O–H groups in total. The second-order valence-corrected chi connectivity index (χ2v) is 3.42. The Morgan fingerprint density at radius 1 is 1.27 bits per heavy atom. The van der Waals surface area contributed by atoms with Gasteiger partial charge in [0, 0.05) is 24.5 Å². The number of hydrogen-bond acceptors (Lipinski definition) is 4. The summed E-state index contributed by atoms with van der Waals surface area (Å²) in [6.07, 6.45) is 5.45. The largest absolute Gasteiger partial charge is 0.305 e. The number of nitrogens with one attached hydrogen (secondary N) is 2. The highest BCUT2D eigenvalue weighted by atomic mass is 15.5. The highest BCUT2D eigenvalue weighted by Gasteiger charge is 2.14. The molecule has 1 aliphatic rings. The quantitative estimate of drug-likeness (QED) is 0.719. The van der Waals surface area contributed by atoms with Crippen LogP contribution in [-0.2, 0) is 6.54 Å². The molecule has 15 heavy (non-hydrogen) atoms. The molecule has 2 aromatic heterocycles. The molecule has 0 amide bonds. The van der Waals surface area contributed by atoms with Crippen molar-refractivity contribution >= 4 is 5.82 Å². The van der Waals surface area contributed by atoms with Gasteiger partial charge in [0.15, 0.2) is 0 Å². The molecule has 0 spiro atoms. The van der Waals surface area contributed by atoms with E-state index in [4.69, 9.17) is 0 Å². The van der Waals surface area contributed by atoms with Gasteiger partial charge in [0.05, 0.1) is 12.7 Å². The van der Waals surface area contributed by atoms with E-state index in [1.807, 2.05) is 23.0 Å². The summed E-state index contributed by atoms with van der Waals surface area (Å²) in [6, 6.07) is 3.96. The molecule has 3 heterocycles. The normalized spacial score (nSPS) is 14.4. The summed E-state index contributed by atoms with van der Waals surface area (Å²) in [7, 11) is 0. The fraction of sp³-hybridized carbons (Fsp3) is 0.200. The summed E-state index contributed by atoms with van der Waals surface area (Å²) in [6.45, 7) is 1.79. The van der Waals surface area contributed by atoms with Crippen LogP contribution in [0.4, 0.5) is 5.82 Å². The predicted molar refractivity (Wildman–Crippen MR) is 57.1 cm³/mol. The van der Waals surface area contributed by atoms with Crippen LogP contribution in [0.3, 0.4) is 0 Å². The van der Waals surface area contributed by atoms with Crippen molar-refractivity contribution in [3.63, 3.8) is 0 Å². The molecule has 5 nitrogen and oxygen atoms in total. The molecular weight excluding hydrogens is 190 g/mol. The van der Waals surface area contributed by atoms with Crippen LogP contribution in [0.5, 0.6) is 0 Å². The van der Waals surface area contributed by atoms with Crippen LogP contribution in [0.15, 0.2) is 30.7 Å². The molecular formula is C10H11N5. The van der Waals surface area contributed by atoms with E-state index in [0.717, 1.165) is 30.0 Å². The van der Waals surface area contributed by atoms with Crippen LogP contribution in [0, 0.1) is 0 Å². The van der Waals surface area contributed by atoms with Crippen molar-refractivity contribution in [3.8, 4) is 11.1 Å². The van der Waals surface area contributed by atoms with Gasteiger partial charge in [-0.2, -0.15) is 5.10 Å². The van der Waals surface area contributed by atoms with Gasteiger partial charge in [-0.25, -0.2) is 10.1 Å². The second-order valence-electron chi connectivity index (χ2n) is 3.42. The van der Waals surface area contributed by atoms with Crippen molar-refractivity contribution in [3.05, 3.63) is 30.7 Å². The minimum Gasteiger partial charge on any atom is -0.305 e. The molecule has 0 saturated carbocycles. The number of rotatable bonds is 1. The van der Waals surface area contributed by atoms with Crippen molar-refractivity contribution < 1.29 is 0 Å². The minimum absolute atomic E-state index is 0.893. The lowest BCUT2D eigenvalue weighted by molar-refractivity contribution is 0.546. The number of hydrogen-bond donors (Lipinski definition) is 2. The molecule has 3 rings (SSSR count). The van der Waals surface area contributed by atoms with Crippen LogP contribution in [0.25, 0.3) is 11.1 Å². The van der Waals surface area contributed by atoms with Gasteiger partial charge in [0.25, 0.3) is 0 Å². The average Bonchev–Trinajstić information content (AvgIpc) is 2.74. The van der Waals surface area contributed by atoms with Gasteiger partial charge in [-0.05, 0) is 17.7 Å². The third kappa shape index (κ3) is 1.37. The fourth-order valence-electron chi connectivity index (χ4n) is 1.74. The van der Waals surface area contributed by atoms with Crippen LogP contribution >= 0.6 is 0 Å². The Morgan fingerprint density at radius 2 is 2.13 bits per heavy atom. The number of anilines is 1. The molecule has 0 aliphatic carbocycles. The molecule has 76 valence electrons. The predicted octanol–water partition coefficient (Wildman–Crippen LogP) is 0.875. The Balaban J connectivity index is 2.09. The summed E-state index contributed by atoms with van der Waals surface area (Å²) in [5.74, 6) is 1.02. The number of pyridine rings is 1. The lowest BCUT2D eigenvalue weighted by Crippen LogP contribution is -2.33. The highest BCUT2D eigenvalue weighted by Crippen LogP contribution is 2.27. The molecule has 1 aliphatic heterocycles. The van der Waals surface area contributed by atoms with Crippen molar-refractivity contribution in [1.29, 1.82) is 0 Å². The van der Waals surface area contributed by atoms with Gasteiger partial charge in [-0.3, -0.25) is 4.98 Å². The van der Waals surface area contributed by atoms with Gasteiger partial charge in [0.2, 0.25) is 0 Å². The van der Waals surface area contributed by atoms with Gasteiger partial charge in [-0.15, -0.1) is 0 Å². The van der Waals surface area contributed by atoms with E-state index in [1.54, 1.807) is 12.4 Å². The first-order valence-corrected chi connectivity index (χ1v) is 4.90. The van der Waals surface area contributed by atoms with E-state index in [9.17, 15) is 0 Å². The number of nitrogens with zero attached hydrogens (tertiary/aromatic N) is 3. The highest BCUT2D eigenvalue weighted by molar-refractivity contribution is 5.74. The molecule has 0 fully saturated rings.